The van der Waals surface area contributed by atoms with Gasteiger partial charge in [-0.2, -0.15) is 0 Å². The Bertz CT molecular complexity index is 693. The largest absolute Gasteiger partial charge is 0.321 e. The predicted octanol–water partition coefficient (Wildman–Crippen LogP) is 5.95. The van der Waals surface area contributed by atoms with Crippen LogP contribution in [0.3, 0.4) is 0 Å². The van der Waals surface area contributed by atoms with Crippen molar-refractivity contribution in [2.24, 2.45) is 0 Å². The van der Waals surface area contributed by atoms with Gasteiger partial charge in [-0.1, -0.05) is 52.5 Å². The Labute approximate surface area is 142 Å². The molecule has 6 heteroatoms. The van der Waals surface area contributed by atoms with Crippen LogP contribution >= 0.6 is 46.4 Å². The number of hydrogen-bond acceptors (Lipinski definition) is 1. The molecule has 2 nitrogen and oxygen atoms in total. The van der Waals surface area contributed by atoms with Crippen LogP contribution < -0.4 is 5.32 Å². The first kappa shape index (κ1) is 16.2. The molecule has 2 aromatic rings. The Kier molecular flexibility index (Phi) is 5.54. The summed E-state index contributed by atoms with van der Waals surface area (Å²) in [6.45, 7) is 0. The van der Waals surface area contributed by atoms with E-state index in [0.29, 0.717) is 31.3 Å². The van der Waals surface area contributed by atoms with Crippen molar-refractivity contribution in [1.82, 2.24) is 0 Å². The zero-order valence-electron chi connectivity index (χ0n) is 10.5. The molecule has 0 spiro atoms. The molecule has 2 aromatic carbocycles. The van der Waals surface area contributed by atoms with Gasteiger partial charge in [0, 0.05) is 26.7 Å². The number of benzene rings is 2. The molecule has 0 unspecified atom stereocenters. The van der Waals surface area contributed by atoms with Crippen LogP contribution in [-0.2, 0) is 4.79 Å². The van der Waals surface area contributed by atoms with E-state index in [-0.39, 0.29) is 5.91 Å². The molecule has 0 saturated heterocycles. The van der Waals surface area contributed by atoms with Gasteiger partial charge in [-0.05, 0) is 36.4 Å². The summed E-state index contributed by atoms with van der Waals surface area (Å²) >= 11 is 23.8. The molecule has 21 heavy (non-hydrogen) atoms. The highest BCUT2D eigenvalue weighted by Gasteiger charge is 2.05. The van der Waals surface area contributed by atoms with E-state index in [1.165, 1.54) is 6.08 Å². The molecule has 1 amide bonds. The SMILES string of the molecule is O=C(/C=C/c1c(Cl)cccc1Cl)Nc1ccc(Cl)cc1Cl. The Morgan fingerprint density at radius 2 is 1.62 bits per heavy atom. The monoisotopic (exact) mass is 359 g/mol. The van der Waals surface area contributed by atoms with E-state index in [0.717, 1.165) is 0 Å². The molecule has 0 bridgehead atoms. The number of nitrogens with one attached hydrogen (secondary N) is 1. The van der Waals surface area contributed by atoms with Crippen molar-refractivity contribution < 1.29 is 4.79 Å². The van der Waals surface area contributed by atoms with Crippen LogP contribution in [0.4, 0.5) is 5.69 Å². The molecular formula is C15H9Cl4NO. The second-order valence-corrected chi connectivity index (χ2v) is 5.74. The van der Waals surface area contributed by atoms with Gasteiger partial charge in [-0.25, -0.2) is 0 Å². The van der Waals surface area contributed by atoms with E-state index >= 15 is 0 Å². The average Bonchev–Trinajstić information content (AvgIpc) is 2.41. The molecule has 0 fully saturated rings. The van der Waals surface area contributed by atoms with Crippen molar-refractivity contribution in [2.45, 2.75) is 0 Å². The van der Waals surface area contributed by atoms with Gasteiger partial charge in [0.25, 0.3) is 0 Å². The van der Waals surface area contributed by atoms with Crippen LogP contribution in [0.2, 0.25) is 20.1 Å². The van der Waals surface area contributed by atoms with Gasteiger partial charge in [-0.3, -0.25) is 4.79 Å². The third-order valence-corrected chi connectivity index (χ3v) is 3.80. The molecule has 0 aliphatic carbocycles. The molecule has 0 aromatic heterocycles. The molecule has 0 atom stereocenters. The van der Waals surface area contributed by atoms with E-state index in [1.54, 1.807) is 42.5 Å². The summed E-state index contributed by atoms with van der Waals surface area (Å²) in [5.41, 5.74) is 1.05. The molecule has 2 rings (SSSR count). The number of hydrogen-bond donors (Lipinski definition) is 1. The van der Waals surface area contributed by atoms with Crippen molar-refractivity contribution in [2.75, 3.05) is 5.32 Å². The Morgan fingerprint density at radius 3 is 2.24 bits per heavy atom. The van der Waals surface area contributed by atoms with Crippen molar-refractivity contribution in [3.63, 3.8) is 0 Å². The second kappa shape index (κ2) is 7.19. The smallest absolute Gasteiger partial charge is 0.248 e. The minimum Gasteiger partial charge on any atom is -0.321 e. The van der Waals surface area contributed by atoms with Gasteiger partial charge in [0.05, 0.1) is 10.7 Å². The molecular weight excluding hydrogens is 352 g/mol. The maximum atomic E-state index is 11.9. The number of carbonyl (C=O) groups is 1. The quantitative estimate of drug-likeness (QED) is 0.673. The van der Waals surface area contributed by atoms with E-state index in [9.17, 15) is 4.79 Å². The van der Waals surface area contributed by atoms with Crippen molar-refractivity contribution in [3.8, 4) is 0 Å². The predicted molar refractivity (Wildman–Crippen MR) is 90.6 cm³/mol. The fourth-order valence-electron chi connectivity index (χ4n) is 1.59. The second-order valence-electron chi connectivity index (χ2n) is 4.08. The van der Waals surface area contributed by atoms with E-state index in [2.05, 4.69) is 5.32 Å². The number of anilines is 1. The summed E-state index contributed by atoms with van der Waals surface area (Å²) in [6.07, 6.45) is 2.88. The lowest BCUT2D eigenvalue weighted by atomic mass is 10.2. The average molecular weight is 361 g/mol. The van der Waals surface area contributed by atoms with Gasteiger partial charge < -0.3 is 5.32 Å². The lowest BCUT2D eigenvalue weighted by molar-refractivity contribution is -0.111. The van der Waals surface area contributed by atoms with Gasteiger partial charge in [-0.15, -0.1) is 0 Å². The Balaban J connectivity index is 2.13. The molecule has 0 aliphatic rings. The summed E-state index contributed by atoms with van der Waals surface area (Å²) in [6, 6.07) is 9.93. The first-order chi connectivity index (χ1) is 9.97. The molecule has 0 saturated carbocycles. The Hall–Kier alpha value is -1.19. The molecule has 0 aliphatic heterocycles. The zero-order valence-corrected chi connectivity index (χ0v) is 13.6. The fraction of sp³-hybridized carbons (Fsp3) is 0. The van der Waals surface area contributed by atoms with Crippen LogP contribution in [0.25, 0.3) is 6.08 Å². The highest BCUT2D eigenvalue weighted by molar-refractivity contribution is 6.37. The first-order valence-electron chi connectivity index (χ1n) is 5.85. The maximum Gasteiger partial charge on any atom is 0.248 e. The van der Waals surface area contributed by atoms with Gasteiger partial charge >= 0.3 is 0 Å². The summed E-state index contributed by atoms with van der Waals surface area (Å²) in [5.74, 6) is -0.352. The normalized spacial score (nSPS) is 10.9. The zero-order chi connectivity index (χ0) is 15.4. The Morgan fingerprint density at radius 1 is 0.952 bits per heavy atom. The van der Waals surface area contributed by atoms with E-state index in [1.807, 2.05) is 0 Å². The van der Waals surface area contributed by atoms with Crippen LogP contribution in [0, 0.1) is 0 Å². The molecule has 0 heterocycles. The van der Waals surface area contributed by atoms with Gasteiger partial charge in [0.2, 0.25) is 5.91 Å². The van der Waals surface area contributed by atoms with Gasteiger partial charge in [0.1, 0.15) is 0 Å². The topological polar surface area (TPSA) is 29.1 Å². The summed E-state index contributed by atoms with van der Waals surface area (Å²) in [5, 5.41) is 4.44. The number of rotatable bonds is 3. The van der Waals surface area contributed by atoms with Crippen LogP contribution in [-0.4, -0.2) is 5.91 Å². The number of amides is 1. The van der Waals surface area contributed by atoms with Crippen LogP contribution in [0.15, 0.2) is 42.5 Å². The van der Waals surface area contributed by atoms with Crippen molar-refractivity contribution in [1.29, 1.82) is 0 Å². The minimum atomic E-state index is -0.352. The maximum absolute atomic E-state index is 11.9. The number of halogens is 4. The molecule has 1 N–H and O–H groups in total. The standard InChI is InChI=1S/C15H9Cl4NO/c16-9-4-6-14(13(19)8-9)20-15(21)7-5-10-11(17)2-1-3-12(10)18/h1-8H,(H,20,21)/b7-5+. The number of carbonyl (C=O) groups excluding carboxylic acids is 1. The summed E-state index contributed by atoms with van der Waals surface area (Å²) in [7, 11) is 0. The van der Waals surface area contributed by atoms with Crippen molar-refractivity contribution >= 4 is 64.1 Å². The molecule has 108 valence electrons. The highest BCUT2D eigenvalue weighted by atomic mass is 35.5. The lowest BCUT2D eigenvalue weighted by Gasteiger charge is -2.05. The lowest BCUT2D eigenvalue weighted by Crippen LogP contribution is -2.08. The molecule has 0 radical (unpaired) electrons. The van der Waals surface area contributed by atoms with Gasteiger partial charge in [0.15, 0.2) is 0 Å². The van der Waals surface area contributed by atoms with E-state index in [4.69, 9.17) is 46.4 Å². The van der Waals surface area contributed by atoms with E-state index < -0.39 is 0 Å². The van der Waals surface area contributed by atoms with Crippen LogP contribution in [0.5, 0.6) is 0 Å². The fourth-order valence-corrected chi connectivity index (χ4v) is 2.57. The third kappa shape index (κ3) is 4.39. The first-order valence-corrected chi connectivity index (χ1v) is 7.36. The highest BCUT2D eigenvalue weighted by Crippen LogP contribution is 2.27. The minimum absolute atomic E-state index is 0.352. The van der Waals surface area contributed by atoms with Crippen molar-refractivity contribution in [3.05, 3.63) is 68.1 Å². The third-order valence-electron chi connectivity index (χ3n) is 2.59. The van der Waals surface area contributed by atoms with Crippen LogP contribution in [0.1, 0.15) is 5.56 Å². The summed E-state index contributed by atoms with van der Waals surface area (Å²) < 4.78 is 0. The summed E-state index contributed by atoms with van der Waals surface area (Å²) in [4.78, 5) is 11.9.